The molecule has 0 unspecified atom stereocenters. The van der Waals surface area contributed by atoms with Gasteiger partial charge in [0.05, 0.1) is 18.1 Å². The molecule has 4 rings (SSSR count). The Morgan fingerprint density at radius 3 is 2.48 bits per heavy atom. The number of aromatic nitrogens is 4. The van der Waals surface area contributed by atoms with E-state index in [1.54, 1.807) is 29.1 Å². The summed E-state index contributed by atoms with van der Waals surface area (Å²) >= 11 is 0. The third kappa shape index (κ3) is 3.41. The lowest BCUT2D eigenvalue weighted by molar-refractivity contribution is -0.274. The number of halogens is 3. The van der Waals surface area contributed by atoms with Gasteiger partial charge in [0.15, 0.2) is 0 Å². The molecule has 2 aromatic carbocycles. The van der Waals surface area contributed by atoms with E-state index in [1.807, 2.05) is 0 Å². The molecular weight excluding hydrogens is 365 g/mol. The van der Waals surface area contributed by atoms with Crippen molar-refractivity contribution in [3.8, 4) is 29.0 Å². The van der Waals surface area contributed by atoms with Crippen LogP contribution in [0.1, 0.15) is 0 Å². The minimum Gasteiger partial charge on any atom is -0.452 e. The molecule has 0 N–H and O–H groups in total. The Morgan fingerprint density at radius 1 is 1.04 bits per heavy atom. The molecule has 2 heterocycles. The van der Waals surface area contributed by atoms with E-state index in [0.29, 0.717) is 22.3 Å². The van der Waals surface area contributed by atoms with Gasteiger partial charge >= 0.3 is 12.4 Å². The highest BCUT2D eigenvalue weighted by molar-refractivity contribution is 5.82. The molecule has 0 radical (unpaired) electrons. The Labute approximate surface area is 150 Å². The van der Waals surface area contributed by atoms with Crippen molar-refractivity contribution in [2.24, 2.45) is 0 Å². The first kappa shape index (κ1) is 16.9. The standard InChI is InChI=1S/C17H11F3N4O3/c1-25-16-23-22-15(26-16)10-2-7-13-14(8-10)24(9-21-13)11-3-5-12(6-4-11)27-17(18,19)20/h2-9H,1H3. The monoisotopic (exact) mass is 376 g/mol. The van der Waals surface area contributed by atoms with E-state index in [0.717, 1.165) is 0 Å². The van der Waals surface area contributed by atoms with Crippen molar-refractivity contribution in [3.05, 3.63) is 48.8 Å². The fourth-order valence-electron chi connectivity index (χ4n) is 2.56. The van der Waals surface area contributed by atoms with Crippen molar-refractivity contribution < 1.29 is 27.1 Å². The molecule has 0 aliphatic rings. The van der Waals surface area contributed by atoms with Crippen LogP contribution in [-0.4, -0.2) is 33.2 Å². The lowest BCUT2D eigenvalue weighted by Gasteiger charge is -2.10. The first-order valence-electron chi connectivity index (χ1n) is 7.64. The maximum Gasteiger partial charge on any atom is 0.573 e. The summed E-state index contributed by atoms with van der Waals surface area (Å²) in [6.07, 6.45) is -3.12. The maximum absolute atomic E-state index is 12.3. The van der Waals surface area contributed by atoms with Crippen molar-refractivity contribution in [3.63, 3.8) is 0 Å². The largest absolute Gasteiger partial charge is 0.573 e. The molecule has 0 amide bonds. The van der Waals surface area contributed by atoms with Gasteiger partial charge in [-0.3, -0.25) is 4.57 Å². The topological polar surface area (TPSA) is 75.2 Å². The smallest absolute Gasteiger partial charge is 0.452 e. The molecule has 0 fully saturated rings. The third-order valence-corrected chi connectivity index (χ3v) is 3.72. The van der Waals surface area contributed by atoms with Gasteiger partial charge in [0.25, 0.3) is 5.89 Å². The molecule has 0 aliphatic carbocycles. The van der Waals surface area contributed by atoms with Crippen LogP contribution >= 0.6 is 0 Å². The van der Waals surface area contributed by atoms with Gasteiger partial charge in [-0.2, -0.15) is 0 Å². The molecule has 4 aromatic rings. The minimum absolute atomic E-state index is 0.0406. The summed E-state index contributed by atoms with van der Waals surface area (Å²) in [6.45, 7) is 0. The number of imidazole rings is 1. The quantitative estimate of drug-likeness (QED) is 0.536. The van der Waals surface area contributed by atoms with E-state index in [4.69, 9.17) is 9.15 Å². The molecule has 10 heteroatoms. The van der Waals surface area contributed by atoms with Crippen LogP contribution in [-0.2, 0) is 0 Å². The average molecular weight is 376 g/mol. The summed E-state index contributed by atoms with van der Waals surface area (Å²) in [4.78, 5) is 4.29. The van der Waals surface area contributed by atoms with E-state index in [2.05, 4.69) is 19.9 Å². The van der Waals surface area contributed by atoms with Gasteiger partial charge in [0.2, 0.25) is 0 Å². The van der Waals surface area contributed by atoms with Crippen molar-refractivity contribution in [2.45, 2.75) is 6.36 Å². The van der Waals surface area contributed by atoms with Crippen molar-refractivity contribution >= 4 is 11.0 Å². The van der Waals surface area contributed by atoms with Crippen molar-refractivity contribution in [1.29, 1.82) is 0 Å². The van der Waals surface area contributed by atoms with E-state index < -0.39 is 6.36 Å². The van der Waals surface area contributed by atoms with Crippen LogP contribution in [0.4, 0.5) is 13.2 Å². The Balaban J connectivity index is 1.70. The van der Waals surface area contributed by atoms with Crippen LogP contribution in [0, 0.1) is 0 Å². The van der Waals surface area contributed by atoms with E-state index >= 15 is 0 Å². The summed E-state index contributed by atoms with van der Waals surface area (Å²) in [5, 5.41) is 7.63. The van der Waals surface area contributed by atoms with Crippen LogP contribution in [0.25, 0.3) is 28.2 Å². The number of rotatable bonds is 4. The molecule has 0 atom stereocenters. The highest BCUT2D eigenvalue weighted by Gasteiger charge is 2.31. The fraction of sp³-hybridized carbons (Fsp3) is 0.118. The highest BCUT2D eigenvalue weighted by atomic mass is 19.4. The Bertz CT molecular complexity index is 1090. The van der Waals surface area contributed by atoms with Gasteiger partial charge in [-0.25, -0.2) is 4.98 Å². The average Bonchev–Trinajstić information content (AvgIpc) is 3.27. The lowest BCUT2D eigenvalue weighted by atomic mass is 10.2. The Kier molecular flexibility index (Phi) is 3.94. The van der Waals surface area contributed by atoms with Crippen LogP contribution in [0.5, 0.6) is 11.8 Å². The normalized spacial score (nSPS) is 11.7. The van der Waals surface area contributed by atoms with E-state index in [1.165, 1.54) is 31.4 Å². The van der Waals surface area contributed by atoms with Gasteiger partial charge in [-0.05, 0) is 42.5 Å². The minimum atomic E-state index is -4.73. The van der Waals surface area contributed by atoms with Crippen molar-refractivity contribution in [1.82, 2.24) is 19.7 Å². The number of alkyl halides is 3. The predicted octanol–water partition coefficient (Wildman–Crippen LogP) is 3.98. The second kappa shape index (κ2) is 6.31. The zero-order valence-electron chi connectivity index (χ0n) is 13.8. The second-order valence-electron chi connectivity index (χ2n) is 5.44. The first-order chi connectivity index (χ1) is 12.9. The number of methoxy groups -OCH3 is 1. The van der Waals surface area contributed by atoms with E-state index in [-0.39, 0.29) is 17.7 Å². The van der Waals surface area contributed by atoms with Gasteiger partial charge in [-0.15, -0.1) is 18.3 Å². The number of nitrogens with zero attached hydrogens (tertiary/aromatic N) is 4. The molecule has 0 bridgehead atoms. The number of ether oxygens (including phenoxy) is 2. The number of benzene rings is 2. The molecule has 0 saturated carbocycles. The van der Waals surface area contributed by atoms with Crippen LogP contribution in [0.3, 0.4) is 0 Å². The number of fused-ring (bicyclic) bond motifs is 1. The first-order valence-corrected chi connectivity index (χ1v) is 7.64. The van der Waals surface area contributed by atoms with Crippen LogP contribution in [0.15, 0.2) is 53.2 Å². The summed E-state index contributed by atoms with van der Waals surface area (Å²) in [5.41, 5.74) is 2.68. The molecule has 0 saturated heterocycles. The molecule has 7 nitrogen and oxygen atoms in total. The predicted molar refractivity (Wildman–Crippen MR) is 87.6 cm³/mol. The summed E-state index contributed by atoms with van der Waals surface area (Å²) in [5.74, 6) is -0.0234. The zero-order valence-corrected chi connectivity index (χ0v) is 13.8. The summed E-state index contributed by atoms with van der Waals surface area (Å²) < 4.78 is 52.7. The Morgan fingerprint density at radius 2 is 1.81 bits per heavy atom. The molecular formula is C17H11F3N4O3. The van der Waals surface area contributed by atoms with Crippen LogP contribution < -0.4 is 9.47 Å². The molecule has 0 spiro atoms. The molecule has 27 heavy (non-hydrogen) atoms. The SMILES string of the molecule is COc1nnc(-c2ccc3ncn(-c4ccc(OC(F)(F)F)cc4)c3c2)o1. The third-order valence-electron chi connectivity index (χ3n) is 3.72. The fourth-order valence-corrected chi connectivity index (χ4v) is 2.56. The molecule has 0 aliphatic heterocycles. The lowest BCUT2D eigenvalue weighted by Crippen LogP contribution is -2.17. The summed E-state index contributed by atoms with van der Waals surface area (Å²) in [7, 11) is 1.42. The molecule has 138 valence electrons. The number of hydrogen-bond acceptors (Lipinski definition) is 6. The maximum atomic E-state index is 12.3. The zero-order chi connectivity index (χ0) is 19.0. The number of hydrogen-bond donors (Lipinski definition) is 0. The van der Waals surface area contributed by atoms with Gasteiger partial charge < -0.3 is 13.9 Å². The highest BCUT2D eigenvalue weighted by Crippen LogP contribution is 2.28. The van der Waals surface area contributed by atoms with Gasteiger partial charge in [-0.1, -0.05) is 5.10 Å². The Hall–Kier alpha value is -3.56. The van der Waals surface area contributed by atoms with Crippen molar-refractivity contribution in [2.75, 3.05) is 7.11 Å². The molecule has 2 aromatic heterocycles. The van der Waals surface area contributed by atoms with Crippen LogP contribution in [0.2, 0.25) is 0 Å². The second-order valence-corrected chi connectivity index (χ2v) is 5.44. The van der Waals surface area contributed by atoms with E-state index in [9.17, 15) is 13.2 Å². The summed E-state index contributed by atoms with van der Waals surface area (Å²) in [6, 6.07) is 10.8. The van der Waals surface area contributed by atoms with Gasteiger partial charge in [0, 0.05) is 11.3 Å². The van der Waals surface area contributed by atoms with Gasteiger partial charge in [0.1, 0.15) is 12.1 Å².